The molecule has 0 N–H and O–H groups in total. The van der Waals surface area contributed by atoms with E-state index in [0.717, 1.165) is 0 Å². The Morgan fingerprint density at radius 3 is 1.61 bits per heavy atom. The average molecular weight is 439 g/mol. The monoisotopic (exact) mass is 438 g/mol. The average Bonchev–Trinajstić information content (AvgIpc) is 2.89. The third-order valence-electron chi connectivity index (χ3n) is 6.26. The molecule has 0 spiro atoms. The number of hydrogen-bond acceptors (Lipinski definition) is 0. The first-order valence-corrected chi connectivity index (χ1v) is 12.3. The molecule has 0 aliphatic carbocycles. The zero-order valence-electron chi connectivity index (χ0n) is 18.2. The normalized spacial score (nSPS) is 11.5. The van der Waals surface area contributed by atoms with Crippen molar-refractivity contribution in [3.8, 4) is 22.3 Å². The lowest BCUT2D eigenvalue weighted by Crippen LogP contribution is -2.08. The second-order valence-corrected chi connectivity index (χ2v) is 9.64. The van der Waals surface area contributed by atoms with E-state index in [9.17, 15) is 0 Å². The van der Waals surface area contributed by atoms with Gasteiger partial charge in [-0.3, -0.25) is 0 Å². The predicted octanol–water partition coefficient (Wildman–Crippen LogP) is 7.96. The fourth-order valence-electron chi connectivity index (χ4n) is 4.75. The molecule has 0 aliphatic rings. The lowest BCUT2D eigenvalue weighted by molar-refractivity contribution is 1.64. The quantitative estimate of drug-likeness (QED) is 0.245. The van der Waals surface area contributed by atoms with Crippen LogP contribution in [0.2, 0.25) is 0 Å². The second-order valence-electron chi connectivity index (χ2n) is 8.27. The molecule has 1 heteroatoms. The van der Waals surface area contributed by atoms with E-state index >= 15 is 0 Å². The van der Waals surface area contributed by atoms with E-state index in [-0.39, 0.29) is 0 Å². The molecule has 6 aromatic carbocycles. The molecule has 0 aromatic heterocycles. The molecule has 1 unspecified atom stereocenters. The van der Waals surface area contributed by atoms with Crippen molar-refractivity contribution in [2.24, 2.45) is 0 Å². The Kier molecular flexibility index (Phi) is 5.23. The third-order valence-corrected chi connectivity index (χ3v) is 7.56. The lowest BCUT2D eigenvalue weighted by Gasteiger charge is -2.19. The Hall–Kier alpha value is -3.73. The molecule has 0 nitrogen and oxygen atoms in total. The Morgan fingerprint density at radius 2 is 0.879 bits per heavy atom. The van der Waals surface area contributed by atoms with Crippen molar-refractivity contribution in [3.63, 3.8) is 0 Å². The van der Waals surface area contributed by atoms with Crippen molar-refractivity contribution >= 4 is 40.7 Å². The zero-order valence-corrected chi connectivity index (χ0v) is 19.2. The van der Waals surface area contributed by atoms with Gasteiger partial charge in [0.2, 0.25) is 0 Å². The molecule has 33 heavy (non-hydrogen) atoms. The standard InChI is InChI=1S/C32H23P/c1-2-15-25(16-3-1)33-31-22-10-21-30(28-19-8-13-23-11-4-6-17-26(23)28)32(31)29-20-9-14-24-12-5-7-18-27(24)29/h1-22,33H. The minimum absolute atomic E-state index is 0.590. The molecule has 0 saturated carbocycles. The molecule has 0 bridgehead atoms. The van der Waals surface area contributed by atoms with Crippen LogP contribution in [0.5, 0.6) is 0 Å². The first-order chi connectivity index (χ1) is 16.4. The van der Waals surface area contributed by atoms with Crippen LogP contribution in [-0.2, 0) is 0 Å². The van der Waals surface area contributed by atoms with Crippen LogP contribution < -0.4 is 10.6 Å². The molecular weight excluding hydrogens is 415 g/mol. The highest BCUT2D eigenvalue weighted by Gasteiger charge is 2.16. The van der Waals surface area contributed by atoms with Crippen LogP contribution in [0.25, 0.3) is 43.8 Å². The predicted molar refractivity (Wildman–Crippen MR) is 146 cm³/mol. The van der Waals surface area contributed by atoms with E-state index in [4.69, 9.17) is 0 Å². The van der Waals surface area contributed by atoms with E-state index in [1.54, 1.807) is 0 Å². The van der Waals surface area contributed by atoms with E-state index in [0.29, 0.717) is 8.58 Å². The summed E-state index contributed by atoms with van der Waals surface area (Å²) in [5.41, 5.74) is 5.22. The van der Waals surface area contributed by atoms with Crippen LogP contribution in [-0.4, -0.2) is 0 Å². The fourth-order valence-corrected chi connectivity index (χ4v) is 6.00. The van der Waals surface area contributed by atoms with Crippen LogP contribution in [0.1, 0.15) is 0 Å². The minimum Gasteiger partial charge on any atom is -0.0622 e. The van der Waals surface area contributed by atoms with Gasteiger partial charge in [-0.2, -0.15) is 0 Å². The van der Waals surface area contributed by atoms with Gasteiger partial charge >= 0.3 is 0 Å². The van der Waals surface area contributed by atoms with Crippen LogP contribution in [0.3, 0.4) is 0 Å². The van der Waals surface area contributed by atoms with Gasteiger partial charge in [0, 0.05) is 0 Å². The number of benzene rings is 6. The van der Waals surface area contributed by atoms with E-state index in [2.05, 4.69) is 133 Å². The number of hydrogen-bond donors (Lipinski definition) is 0. The van der Waals surface area contributed by atoms with Gasteiger partial charge in [-0.15, -0.1) is 0 Å². The topological polar surface area (TPSA) is 0 Å². The van der Waals surface area contributed by atoms with Crippen LogP contribution in [0.15, 0.2) is 133 Å². The molecule has 6 rings (SSSR count). The van der Waals surface area contributed by atoms with E-state index in [1.807, 2.05) is 0 Å². The van der Waals surface area contributed by atoms with E-state index < -0.39 is 0 Å². The van der Waals surface area contributed by atoms with Crippen molar-refractivity contribution in [3.05, 3.63) is 133 Å². The van der Waals surface area contributed by atoms with Gasteiger partial charge in [-0.25, -0.2) is 0 Å². The maximum atomic E-state index is 2.30. The fraction of sp³-hybridized carbons (Fsp3) is 0. The highest BCUT2D eigenvalue weighted by atomic mass is 31.1. The summed E-state index contributed by atoms with van der Waals surface area (Å²) in [6.07, 6.45) is 0. The summed E-state index contributed by atoms with van der Waals surface area (Å²) >= 11 is 0. The van der Waals surface area contributed by atoms with Crippen molar-refractivity contribution in [2.45, 2.75) is 0 Å². The highest BCUT2D eigenvalue weighted by Crippen LogP contribution is 2.39. The first kappa shape index (κ1) is 19.9. The Balaban J connectivity index is 1.68. The summed E-state index contributed by atoms with van der Waals surface area (Å²) < 4.78 is 0. The van der Waals surface area contributed by atoms with Crippen LogP contribution in [0.4, 0.5) is 0 Å². The molecule has 0 heterocycles. The number of rotatable bonds is 4. The summed E-state index contributed by atoms with van der Waals surface area (Å²) in [5, 5.41) is 7.87. The summed E-state index contributed by atoms with van der Waals surface area (Å²) in [6, 6.07) is 48.4. The summed E-state index contributed by atoms with van der Waals surface area (Å²) in [4.78, 5) is 0. The SMILES string of the molecule is c1ccc(Pc2cccc(-c3cccc4ccccc34)c2-c2cccc3ccccc23)cc1. The molecular formula is C32H23P. The molecule has 156 valence electrons. The van der Waals surface area contributed by atoms with Crippen LogP contribution >= 0.6 is 8.58 Å². The maximum absolute atomic E-state index is 2.30. The summed E-state index contributed by atoms with van der Waals surface area (Å²) in [6.45, 7) is 0. The molecule has 0 radical (unpaired) electrons. The van der Waals surface area contributed by atoms with Crippen LogP contribution in [0, 0.1) is 0 Å². The Labute approximate surface area is 196 Å². The van der Waals surface area contributed by atoms with Crippen molar-refractivity contribution in [2.75, 3.05) is 0 Å². The van der Waals surface area contributed by atoms with E-state index in [1.165, 1.54) is 54.4 Å². The first-order valence-electron chi connectivity index (χ1n) is 11.3. The van der Waals surface area contributed by atoms with Gasteiger partial charge in [-0.05, 0) is 54.4 Å². The smallest absolute Gasteiger partial charge is 0.00212 e. The van der Waals surface area contributed by atoms with Gasteiger partial charge in [0.05, 0.1) is 0 Å². The van der Waals surface area contributed by atoms with Gasteiger partial charge < -0.3 is 0 Å². The molecule has 0 fully saturated rings. The Bertz CT molecular complexity index is 1570. The number of fused-ring (bicyclic) bond motifs is 2. The molecule has 0 amide bonds. The summed E-state index contributed by atoms with van der Waals surface area (Å²) in [5.74, 6) is 0. The molecule has 0 aliphatic heterocycles. The molecule has 0 saturated heterocycles. The van der Waals surface area contributed by atoms with Crippen molar-refractivity contribution < 1.29 is 0 Å². The Morgan fingerprint density at radius 1 is 0.364 bits per heavy atom. The second kappa shape index (κ2) is 8.66. The largest absolute Gasteiger partial charge is 0.0622 e. The highest BCUT2D eigenvalue weighted by molar-refractivity contribution is 7.55. The maximum Gasteiger partial charge on any atom is -0.00212 e. The third kappa shape index (κ3) is 3.74. The lowest BCUT2D eigenvalue weighted by atomic mass is 9.89. The van der Waals surface area contributed by atoms with Gasteiger partial charge in [-0.1, -0.05) is 142 Å². The molecule has 6 aromatic rings. The van der Waals surface area contributed by atoms with Gasteiger partial charge in [0.15, 0.2) is 0 Å². The zero-order chi connectivity index (χ0) is 22.0. The van der Waals surface area contributed by atoms with Crippen molar-refractivity contribution in [1.82, 2.24) is 0 Å². The van der Waals surface area contributed by atoms with Gasteiger partial charge in [0.1, 0.15) is 0 Å². The molecule has 1 atom stereocenters. The van der Waals surface area contributed by atoms with Gasteiger partial charge in [0.25, 0.3) is 0 Å². The summed E-state index contributed by atoms with van der Waals surface area (Å²) in [7, 11) is 0.590. The minimum atomic E-state index is 0.590. The van der Waals surface area contributed by atoms with Crippen molar-refractivity contribution in [1.29, 1.82) is 0 Å².